The van der Waals surface area contributed by atoms with Crippen LogP contribution in [0.2, 0.25) is 0 Å². The van der Waals surface area contributed by atoms with Crippen molar-refractivity contribution >= 4 is 0 Å². The van der Waals surface area contributed by atoms with Crippen LogP contribution in [0.25, 0.3) is 0 Å². The fraction of sp³-hybridized carbons (Fsp3) is 1.00. The van der Waals surface area contributed by atoms with Crippen LogP contribution < -0.4 is 0 Å². The largest absolute Gasteiger partial charge is 0.0776 e. The lowest BCUT2D eigenvalue weighted by Gasteiger charge is -2.24. The lowest BCUT2D eigenvalue weighted by atomic mass is 9.82. The van der Waals surface area contributed by atoms with E-state index >= 15 is 0 Å². The normalized spacial score (nSPS) is 18.3. The molecule has 0 N–H and O–H groups in total. The molecule has 0 nitrogen and oxygen atoms in total. The SMILES string of the molecule is C.CC.CC.CC(C)C.CCC1C(C)CCC1C(C)C.CCCC(C)(C)C.CCCC(C)CCC. The van der Waals surface area contributed by atoms with Crippen LogP contribution in [-0.2, 0) is 0 Å². The van der Waals surface area contributed by atoms with Crippen molar-refractivity contribution < 1.29 is 0 Å². The zero-order chi connectivity index (χ0) is 28.3. The molecule has 0 aromatic carbocycles. The molecule has 1 saturated carbocycles. The van der Waals surface area contributed by atoms with Crippen LogP contribution in [0.4, 0.5) is 0 Å². The molecule has 3 atom stereocenters. The molecule has 1 rings (SSSR count). The second-order valence-corrected chi connectivity index (χ2v) is 12.3. The van der Waals surface area contributed by atoms with Crippen LogP contribution in [-0.4, -0.2) is 0 Å². The lowest BCUT2D eigenvalue weighted by molar-refractivity contribution is 0.253. The molecular formula is C35H82. The predicted octanol–water partition coefficient (Wildman–Crippen LogP) is 14.1. The topological polar surface area (TPSA) is 0 Å². The summed E-state index contributed by atoms with van der Waals surface area (Å²) < 4.78 is 0. The maximum absolute atomic E-state index is 2.43. The molecule has 0 aromatic heterocycles. The Labute approximate surface area is 230 Å². The van der Waals surface area contributed by atoms with Gasteiger partial charge in [-0.1, -0.05) is 177 Å². The Kier molecular flexibility index (Phi) is 46.7. The van der Waals surface area contributed by atoms with Crippen molar-refractivity contribution in [3.8, 4) is 0 Å². The van der Waals surface area contributed by atoms with E-state index in [1.165, 1.54) is 57.8 Å². The fourth-order valence-electron chi connectivity index (χ4n) is 4.72. The minimum atomic E-state index is 0. The van der Waals surface area contributed by atoms with Crippen molar-refractivity contribution in [3.05, 3.63) is 0 Å². The molecule has 0 radical (unpaired) electrons. The highest BCUT2D eigenvalue weighted by molar-refractivity contribution is 4.83. The number of hydrogen-bond acceptors (Lipinski definition) is 0. The first-order chi connectivity index (χ1) is 15.8. The van der Waals surface area contributed by atoms with E-state index in [1.54, 1.807) is 0 Å². The average Bonchev–Trinajstić information content (AvgIpc) is 3.12. The van der Waals surface area contributed by atoms with Crippen LogP contribution in [0.3, 0.4) is 0 Å². The minimum absolute atomic E-state index is 0. The van der Waals surface area contributed by atoms with E-state index in [9.17, 15) is 0 Å². The molecule has 1 aliphatic rings. The third kappa shape index (κ3) is 41.4. The molecule has 35 heavy (non-hydrogen) atoms. The summed E-state index contributed by atoms with van der Waals surface area (Å²) in [4.78, 5) is 0. The molecule has 0 aliphatic heterocycles. The van der Waals surface area contributed by atoms with Gasteiger partial charge in [-0.05, 0) is 53.8 Å². The molecular weight excluding hydrogens is 420 g/mol. The van der Waals surface area contributed by atoms with Gasteiger partial charge in [-0.2, -0.15) is 0 Å². The summed E-state index contributed by atoms with van der Waals surface area (Å²) in [5, 5.41) is 0. The highest BCUT2D eigenvalue weighted by Gasteiger charge is 2.33. The maximum Gasteiger partial charge on any atom is -0.0360 e. The molecule has 0 amide bonds. The molecule has 0 bridgehead atoms. The van der Waals surface area contributed by atoms with Crippen LogP contribution >= 0.6 is 0 Å². The molecule has 1 fully saturated rings. The second kappa shape index (κ2) is 34.0. The summed E-state index contributed by atoms with van der Waals surface area (Å²) in [6, 6.07) is 0. The molecule has 0 saturated heterocycles. The Balaban J connectivity index is -0.0000000790. The zero-order valence-corrected chi connectivity index (χ0v) is 28.3. The number of hydrogen-bond donors (Lipinski definition) is 0. The van der Waals surface area contributed by atoms with E-state index in [2.05, 4.69) is 96.9 Å². The van der Waals surface area contributed by atoms with Gasteiger partial charge in [-0.3, -0.25) is 0 Å². The van der Waals surface area contributed by atoms with Gasteiger partial charge in [-0.25, -0.2) is 0 Å². The van der Waals surface area contributed by atoms with Gasteiger partial charge in [0.05, 0.1) is 0 Å². The van der Waals surface area contributed by atoms with Crippen molar-refractivity contribution in [3.63, 3.8) is 0 Å². The first kappa shape index (κ1) is 48.1. The van der Waals surface area contributed by atoms with Gasteiger partial charge in [-0.15, -0.1) is 0 Å². The quantitative estimate of drug-likeness (QED) is 0.324. The van der Waals surface area contributed by atoms with E-state index in [0.29, 0.717) is 5.41 Å². The van der Waals surface area contributed by atoms with Gasteiger partial charge in [0.25, 0.3) is 0 Å². The highest BCUT2D eigenvalue weighted by atomic mass is 14.4. The summed E-state index contributed by atoms with van der Waals surface area (Å²) in [7, 11) is 0. The average molecular weight is 503 g/mol. The predicted molar refractivity (Wildman–Crippen MR) is 174 cm³/mol. The molecule has 3 unspecified atom stereocenters. The van der Waals surface area contributed by atoms with Gasteiger partial charge in [0, 0.05) is 0 Å². The minimum Gasteiger partial charge on any atom is -0.0776 e. The van der Waals surface area contributed by atoms with Crippen molar-refractivity contribution in [2.75, 3.05) is 0 Å². The third-order valence-corrected chi connectivity index (χ3v) is 6.13. The monoisotopic (exact) mass is 503 g/mol. The second-order valence-electron chi connectivity index (χ2n) is 12.3. The van der Waals surface area contributed by atoms with Crippen molar-refractivity contribution in [2.45, 2.75) is 190 Å². The van der Waals surface area contributed by atoms with Crippen LogP contribution in [0.1, 0.15) is 190 Å². The molecule has 0 heterocycles. The van der Waals surface area contributed by atoms with Gasteiger partial charge in [0.2, 0.25) is 0 Å². The van der Waals surface area contributed by atoms with Crippen molar-refractivity contribution in [1.29, 1.82) is 0 Å². The van der Waals surface area contributed by atoms with Gasteiger partial charge in [0.15, 0.2) is 0 Å². The molecule has 222 valence electrons. The summed E-state index contributed by atoms with van der Waals surface area (Å²) in [6.07, 6.45) is 12.5. The first-order valence-electron chi connectivity index (χ1n) is 15.8. The van der Waals surface area contributed by atoms with E-state index in [0.717, 1.165) is 35.5 Å². The van der Waals surface area contributed by atoms with Crippen molar-refractivity contribution in [1.82, 2.24) is 0 Å². The van der Waals surface area contributed by atoms with E-state index in [4.69, 9.17) is 0 Å². The maximum atomic E-state index is 2.43. The highest BCUT2D eigenvalue weighted by Crippen LogP contribution is 2.42. The Hall–Kier alpha value is 0. The lowest BCUT2D eigenvalue weighted by Crippen LogP contribution is -2.16. The number of rotatable bonds is 7. The Morgan fingerprint density at radius 1 is 0.686 bits per heavy atom. The van der Waals surface area contributed by atoms with Crippen molar-refractivity contribution in [2.24, 2.45) is 40.9 Å². The van der Waals surface area contributed by atoms with E-state index in [-0.39, 0.29) is 7.43 Å². The Bertz CT molecular complexity index is 311. The Morgan fingerprint density at radius 2 is 1.06 bits per heavy atom. The molecule has 0 heteroatoms. The van der Waals surface area contributed by atoms with Crippen LogP contribution in [0.5, 0.6) is 0 Å². The van der Waals surface area contributed by atoms with E-state index < -0.39 is 0 Å². The fourth-order valence-corrected chi connectivity index (χ4v) is 4.72. The van der Waals surface area contributed by atoms with Gasteiger partial charge in [0.1, 0.15) is 0 Å². The third-order valence-electron chi connectivity index (χ3n) is 6.13. The summed E-state index contributed by atoms with van der Waals surface area (Å²) >= 11 is 0. The zero-order valence-electron chi connectivity index (χ0n) is 28.3. The van der Waals surface area contributed by atoms with Gasteiger partial charge < -0.3 is 0 Å². The summed E-state index contributed by atoms with van der Waals surface area (Å²) in [5.74, 6) is 5.74. The van der Waals surface area contributed by atoms with Crippen LogP contribution in [0, 0.1) is 40.9 Å². The first-order valence-corrected chi connectivity index (χ1v) is 15.8. The summed E-state index contributed by atoms with van der Waals surface area (Å²) in [5.41, 5.74) is 0.550. The van der Waals surface area contributed by atoms with Gasteiger partial charge >= 0.3 is 0 Å². The standard InChI is InChI=1S/C11H22.C8H18.C7H16.C4H10.2C2H6.CH4/c1-5-10-9(4)6-7-11(10)8(2)3;1-4-6-8(3)7-5-2;1-5-6-7(2,3)4;1-4(2)3;2*1-2;/h8-11H,5-7H2,1-4H3;8H,4-7H2,1-3H3;5-6H2,1-4H3;4H,1-3H3;2*1-2H3;1H4. The molecule has 1 aliphatic carbocycles. The molecule has 0 aromatic rings. The van der Waals surface area contributed by atoms with Crippen LogP contribution in [0.15, 0.2) is 0 Å². The Morgan fingerprint density at radius 3 is 1.23 bits per heavy atom. The van der Waals surface area contributed by atoms with E-state index in [1.807, 2.05) is 27.7 Å². The smallest absolute Gasteiger partial charge is 0.0360 e. The molecule has 0 spiro atoms. The summed E-state index contributed by atoms with van der Waals surface area (Å²) in [6.45, 7) is 39.9.